The normalized spacial score (nSPS) is 11.9. The second kappa shape index (κ2) is 5.08. The van der Waals surface area contributed by atoms with Gasteiger partial charge in [-0.3, -0.25) is 0 Å². The maximum atomic E-state index is 11.5. The highest BCUT2D eigenvalue weighted by Gasteiger charge is 2.15. The van der Waals surface area contributed by atoms with Crippen molar-refractivity contribution in [3.05, 3.63) is 12.5 Å². The van der Waals surface area contributed by atoms with Crippen molar-refractivity contribution >= 4 is 32.6 Å². The van der Waals surface area contributed by atoms with Gasteiger partial charge in [-0.2, -0.15) is 0 Å². The van der Waals surface area contributed by atoms with Crippen molar-refractivity contribution in [1.29, 1.82) is 0 Å². The summed E-state index contributed by atoms with van der Waals surface area (Å²) in [6, 6.07) is 0. The molecule has 1 aromatic rings. The average Bonchev–Trinajstić information content (AvgIpc) is 2.53. The Balaban J connectivity index is 2.66. The summed E-state index contributed by atoms with van der Waals surface area (Å²) >= 11 is 2.20. The number of nitrogens with one attached hydrogen (secondary N) is 1. The van der Waals surface area contributed by atoms with Crippen LogP contribution in [0.4, 0.5) is 0 Å². The second-order valence-corrected chi connectivity index (χ2v) is 5.61. The van der Waals surface area contributed by atoms with E-state index in [2.05, 4.69) is 32.3 Å². The number of nitrogens with zero attached hydrogens (tertiary/aromatic N) is 2. The number of aryl methyl sites for hydroxylation is 1. The highest BCUT2D eigenvalue weighted by Crippen LogP contribution is 2.03. The van der Waals surface area contributed by atoms with Crippen molar-refractivity contribution in [2.45, 2.75) is 11.4 Å². The molecule has 0 saturated carbocycles. The van der Waals surface area contributed by atoms with Gasteiger partial charge < -0.3 is 4.57 Å². The zero-order valence-corrected chi connectivity index (χ0v) is 10.7. The van der Waals surface area contributed by atoms with E-state index < -0.39 is 10.0 Å². The highest BCUT2D eigenvalue weighted by molar-refractivity contribution is 14.1. The van der Waals surface area contributed by atoms with Crippen LogP contribution in [0.1, 0.15) is 6.42 Å². The molecule has 5 nitrogen and oxygen atoms in total. The maximum Gasteiger partial charge on any atom is 0.259 e. The summed E-state index contributed by atoms with van der Waals surface area (Å²) in [7, 11) is -1.66. The second-order valence-electron chi connectivity index (χ2n) is 2.82. The summed E-state index contributed by atoms with van der Waals surface area (Å²) in [5.74, 6) is 0. The lowest BCUT2D eigenvalue weighted by molar-refractivity contribution is 0.578. The molecule has 0 aliphatic heterocycles. The first-order valence-electron chi connectivity index (χ1n) is 4.10. The molecule has 0 aromatic carbocycles. The summed E-state index contributed by atoms with van der Waals surface area (Å²) < 4.78 is 28.1. The van der Waals surface area contributed by atoms with E-state index in [1.54, 1.807) is 11.6 Å². The molecule has 0 fully saturated rings. The summed E-state index contributed by atoms with van der Waals surface area (Å²) in [5, 5.41) is 0.0773. The average molecular weight is 329 g/mol. The molecule has 0 aliphatic rings. The number of hydrogen-bond acceptors (Lipinski definition) is 3. The molecule has 7 heteroatoms. The van der Waals surface area contributed by atoms with E-state index in [1.807, 2.05) is 0 Å². The van der Waals surface area contributed by atoms with Crippen molar-refractivity contribution in [2.75, 3.05) is 11.0 Å². The molecule has 0 aliphatic carbocycles. The Morgan fingerprint density at radius 3 is 2.86 bits per heavy atom. The zero-order valence-electron chi connectivity index (χ0n) is 7.77. The fourth-order valence-corrected chi connectivity index (χ4v) is 2.31. The van der Waals surface area contributed by atoms with Gasteiger partial charge in [-0.25, -0.2) is 18.1 Å². The van der Waals surface area contributed by atoms with Crippen molar-refractivity contribution in [3.8, 4) is 0 Å². The lowest BCUT2D eigenvalue weighted by atomic mass is 10.5. The van der Waals surface area contributed by atoms with Gasteiger partial charge in [-0.1, -0.05) is 22.6 Å². The van der Waals surface area contributed by atoms with E-state index in [1.165, 1.54) is 12.5 Å². The van der Waals surface area contributed by atoms with E-state index in [-0.39, 0.29) is 5.03 Å². The van der Waals surface area contributed by atoms with Crippen LogP contribution < -0.4 is 4.72 Å². The van der Waals surface area contributed by atoms with Crippen LogP contribution in [0.5, 0.6) is 0 Å². The largest absolute Gasteiger partial charge is 0.339 e. The molecule has 0 unspecified atom stereocenters. The van der Waals surface area contributed by atoms with E-state index in [0.29, 0.717) is 6.54 Å². The van der Waals surface area contributed by atoms with Crippen LogP contribution in [-0.4, -0.2) is 28.9 Å². The summed E-state index contributed by atoms with van der Waals surface area (Å²) in [5.41, 5.74) is 0. The summed E-state index contributed by atoms with van der Waals surface area (Å²) in [6.07, 6.45) is 3.77. The van der Waals surface area contributed by atoms with Crippen LogP contribution in [0, 0.1) is 0 Å². The van der Waals surface area contributed by atoms with Gasteiger partial charge in [0.05, 0.1) is 6.33 Å². The molecule has 0 amide bonds. The van der Waals surface area contributed by atoms with Gasteiger partial charge in [0.15, 0.2) is 5.03 Å². The smallest absolute Gasteiger partial charge is 0.259 e. The molecule has 1 aromatic heterocycles. The number of hydrogen-bond donors (Lipinski definition) is 1. The van der Waals surface area contributed by atoms with Gasteiger partial charge in [0.25, 0.3) is 10.0 Å². The van der Waals surface area contributed by atoms with Crippen molar-refractivity contribution in [3.63, 3.8) is 0 Å². The first-order chi connectivity index (χ1) is 6.56. The maximum absolute atomic E-state index is 11.5. The van der Waals surface area contributed by atoms with Crippen LogP contribution in [0.25, 0.3) is 0 Å². The molecule has 0 spiro atoms. The predicted octanol–water partition coefficient (Wildman–Crippen LogP) is 0.523. The topological polar surface area (TPSA) is 64.0 Å². The van der Waals surface area contributed by atoms with Crippen LogP contribution in [0.3, 0.4) is 0 Å². The molecule has 0 radical (unpaired) electrons. The van der Waals surface area contributed by atoms with Gasteiger partial charge in [0.2, 0.25) is 0 Å². The molecule has 0 bridgehead atoms. The molecule has 0 saturated heterocycles. The Morgan fingerprint density at radius 1 is 1.64 bits per heavy atom. The molecular weight excluding hydrogens is 317 g/mol. The fraction of sp³-hybridized carbons (Fsp3) is 0.571. The van der Waals surface area contributed by atoms with Crippen LogP contribution in [0.2, 0.25) is 0 Å². The first-order valence-corrected chi connectivity index (χ1v) is 7.11. The monoisotopic (exact) mass is 329 g/mol. The van der Waals surface area contributed by atoms with Crippen molar-refractivity contribution in [1.82, 2.24) is 14.3 Å². The van der Waals surface area contributed by atoms with E-state index in [9.17, 15) is 8.42 Å². The van der Waals surface area contributed by atoms with E-state index >= 15 is 0 Å². The third-order valence-electron chi connectivity index (χ3n) is 1.56. The summed E-state index contributed by atoms with van der Waals surface area (Å²) in [6.45, 7) is 0.460. The fourth-order valence-electron chi connectivity index (χ4n) is 0.875. The molecule has 80 valence electrons. The molecule has 1 N–H and O–H groups in total. The van der Waals surface area contributed by atoms with Gasteiger partial charge in [-0.05, 0) is 6.42 Å². The molecular formula is C7H12IN3O2S. The molecule has 14 heavy (non-hydrogen) atoms. The Bertz CT molecular complexity index is 387. The van der Waals surface area contributed by atoms with Crippen LogP contribution in [-0.2, 0) is 17.1 Å². The lowest BCUT2D eigenvalue weighted by Gasteiger charge is -2.01. The Morgan fingerprint density at radius 2 is 2.36 bits per heavy atom. The Hall–Kier alpha value is -0.150. The van der Waals surface area contributed by atoms with E-state index in [0.717, 1.165) is 10.8 Å². The van der Waals surface area contributed by atoms with Crippen molar-refractivity contribution in [2.24, 2.45) is 7.05 Å². The number of sulfonamides is 1. The number of rotatable bonds is 5. The molecule has 1 rings (SSSR count). The zero-order chi connectivity index (χ0) is 10.6. The van der Waals surface area contributed by atoms with Gasteiger partial charge in [0.1, 0.15) is 0 Å². The minimum absolute atomic E-state index is 0.0773. The third-order valence-corrected chi connectivity index (χ3v) is 3.67. The first kappa shape index (κ1) is 11.9. The SMILES string of the molecule is Cn1cnc(S(=O)(=O)NCCCI)c1. The quantitative estimate of drug-likeness (QED) is 0.487. The Labute approximate surface area is 97.1 Å². The van der Waals surface area contributed by atoms with E-state index in [4.69, 9.17) is 0 Å². The Kier molecular flexibility index (Phi) is 4.32. The lowest BCUT2D eigenvalue weighted by Crippen LogP contribution is -2.25. The standard InChI is InChI=1S/C7H12IN3O2S/c1-11-5-7(9-6-11)14(12,13)10-4-2-3-8/h5-6,10H,2-4H2,1H3. The van der Waals surface area contributed by atoms with Gasteiger partial charge in [-0.15, -0.1) is 0 Å². The van der Waals surface area contributed by atoms with Crippen molar-refractivity contribution < 1.29 is 8.42 Å². The number of imidazole rings is 1. The van der Waals surface area contributed by atoms with Gasteiger partial charge >= 0.3 is 0 Å². The number of halogens is 1. The highest BCUT2D eigenvalue weighted by atomic mass is 127. The number of aromatic nitrogens is 2. The minimum atomic E-state index is -3.40. The summed E-state index contributed by atoms with van der Waals surface area (Å²) in [4.78, 5) is 3.78. The van der Waals surface area contributed by atoms with Crippen LogP contribution >= 0.6 is 22.6 Å². The van der Waals surface area contributed by atoms with Gasteiger partial charge in [0, 0.05) is 24.2 Å². The predicted molar refractivity (Wildman–Crippen MR) is 61.9 cm³/mol. The third kappa shape index (κ3) is 3.21. The molecule has 0 atom stereocenters. The minimum Gasteiger partial charge on any atom is -0.339 e. The van der Waals surface area contributed by atoms with Crippen LogP contribution in [0.15, 0.2) is 17.6 Å². The molecule has 1 heterocycles. The number of alkyl halides is 1.